The third-order valence-electron chi connectivity index (χ3n) is 3.76. The summed E-state index contributed by atoms with van der Waals surface area (Å²) in [6.45, 7) is 3.94. The van der Waals surface area contributed by atoms with Crippen molar-refractivity contribution in [3.63, 3.8) is 0 Å². The summed E-state index contributed by atoms with van der Waals surface area (Å²) in [5, 5.41) is 5.58. The van der Waals surface area contributed by atoms with E-state index in [1.807, 2.05) is 13.8 Å². The summed E-state index contributed by atoms with van der Waals surface area (Å²) in [7, 11) is 1.62. The molecule has 6 heteroatoms. The van der Waals surface area contributed by atoms with Crippen molar-refractivity contribution in [1.82, 2.24) is 9.88 Å². The van der Waals surface area contributed by atoms with E-state index in [2.05, 4.69) is 10.6 Å². The van der Waals surface area contributed by atoms with Crippen LogP contribution in [0.15, 0.2) is 47.4 Å². The molecule has 0 bridgehead atoms. The number of amides is 2. The van der Waals surface area contributed by atoms with Crippen molar-refractivity contribution in [3.8, 4) is 0 Å². The average Bonchev–Trinajstić information content (AvgIpc) is 2.57. The molecule has 0 aliphatic rings. The quantitative estimate of drug-likeness (QED) is 0.883. The Morgan fingerprint density at radius 1 is 1.08 bits per heavy atom. The molecule has 126 valence electrons. The minimum Gasteiger partial charge on any atom is -0.350 e. The molecular weight excluding hydrogens is 306 g/mol. The summed E-state index contributed by atoms with van der Waals surface area (Å²) in [5.41, 5.74) is 1.12. The molecule has 1 aromatic carbocycles. The second kappa shape index (κ2) is 7.59. The molecule has 24 heavy (non-hydrogen) atoms. The fourth-order valence-corrected chi connectivity index (χ4v) is 2.01. The highest BCUT2D eigenvalue weighted by Crippen LogP contribution is 2.11. The summed E-state index contributed by atoms with van der Waals surface area (Å²) >= 11 is 0. The van der Waals surface area contributed by atoms with E-state index in [1.54, 1.807) is 43.6 Å². The lowest BCUT2D eigenvalue weighted by Crippen LogP contribution is -2.31. The van der Waals surface area contributed by atoms with Crippen molar-refractivity contribution >= 4 is 17.5 Å². The lowest BCUT2D eigenvalue weighted by atomic mass is 10.1. The van der Waals surface area contributed by atoms with Crippen LogP contribution >= 0.6 is 0 Å². The zero-order valence-corrected chi connectivity index (χ0v) is 14.0. The van der Waals surface area contributed by atoms with Crippen LogP contribution in [-0.2, 0) is 7.05 Å². The topological polar surface area (TPSA) is 80.2 Å². The van der Waals surface area contributed by atoms with Gasteiger partial charge in [-0.1, -0.05) is 6.92 Å². The normalized spacial score (nSPS) is 11.6. The largest absolute Gasteiger partial charge is 0.350 e. The van der Waals surface area contributed by atoms with Gasteiger partial charge in [0.15, 0.2) is 0 Å². The molecule has 2 rings (SSSR count). The fourth-order valence-electron chi connectivity index (χ4n) is 2.01. The maximum absolute atomic E-state index is 12.1. The number of nitrogens with zero attached hydrogens (tertiary/aromatic N) is 1. The molecule has 0 saturated carbocycles. The van der Waals surface area contributed by atoms with Gasteiger partial charge in [0.2, 0.25) is 0 Å². The maximum atomic E-state index is 12.1. The van der Waals surface area contributed by atoms with Gasteiger partial charge in [0.1, 0.15) is 0 Å². The number of aromatic nitrogens is 1. The van der Waals surface area contributed by atoms with Crippen LogP contribution < -0.4 is 16.2 Å². The highest BCUT2D eigenvalue weighted by Gasteiger charge is 2.10. The van der Waals surface area contributed by atoms with Gasteiger partial charge in [0.25, 0.3) is 17.4 Å². The number of nitrogens with one attached hydrogen (secondary N) is 2. The Morgan fingerprint density at radius 3 is 2.33 bits per heavy atom. The zero-order chi connectivity index (χ0) is 17.7. The average molecular weight is 327 g/mol. The van der Waals surface area contributed by atoms with Crippen LogP contribution in [-0.4, -0.2) is 22.4 Å². The number of benzene rings is 1. The van der Waals surface area contributed by atoms with Crippen LogP contribution in [0.2, 0.25) is 0 Å². The number of rotatable bonds is 5. The molecule has 2 amide bonds. The highest BCUT2D eigenvalue weighted by molar-refractivity contribution is 6.04. The summed E-state index contributed by atoms with van der Waals surface area (Å²) in [4.78, 5) is 35.7. The number of carbonyl (C=O) groups is 2. The number of aryl methyl sites for hydroxylation is 1. The Labute approximate surface area is 140 Å². The van der Waals surface area contributed by atoms with Crippen LogP contribution in [0.5, 0.6) is 0 Å². The molecule has 0 aliphatic heterocycles. The first kappa shape index (κ1) is 17.5. The van der Waals surface area contributed by atoms with Crippen LogP contribution in [0.4, 0.5) is 5.69 Å². The Balaban J connectivity index is 2.05. The van der Waals surface area contributed by atoms with E-state index in [0.717, 1.165) is 6.42 Å². The number of carbonyl (C=O) groups excluding carboxylic acids is 2. The van der Waals surface area contributed by atoms with Crippen molar-refractivity contribution in [2.45, 2.75) is 26.3 Å². The first-order valence-electron chi connectivity index (χ1n) is 7.79. The van der Waals surface area contributed by atoms with Gasteiger partial charge in [-0.25, -0.2) is 0 Å². The lowest BCUT2D eigenvalue weighted by molar-refractivity contribution is 0.0938. The van der Waals surface area contributed by atoms with Gasteiger partial charge in [0, 0.05) is 42.2 Å². The molecule has 0 saturated heterocycles. The smallest absolute Gasteiger partial charge is 0.255 e. The monoisotopic (exact) mass is 327 g/mol. The highest BCUT2D eigenvalue weighted by atomic mass is 16.2. The molecule has 1 heterocycles. The molecular formula is C18H21N3O3. The maximum Gasteiger partial charge on any atom is 0.255 e. The Hall–Kier alpha value is -2.89. The molecule has 2 N–H and O–H groups in total. The van der Waals surface area contributed by atoms with Gasteiger partial charge in [-0.15, -0.1) is 0 Å². The van der Waals surface area contributed by atoms with E-state index < -0.39 is 0 Å². The van der Waals surface area contributed by atoms with Gasteiger partial charge in [-0.3, -0.25) is 14.4 Å². The van der Waals surface area contributed by atoms with E-state index in [0.29, 0.717) is 11.3 Å². The Morgan fingerprint density at radius 2 is 1.75 bits per heavy atom. The van der Waals surface area contributed by atoms with Crippen LogP contribution in [0.3, 0.4) is 0 Å². The molecule has 1 atom stereocenters. The van der Waals surface area contributed by atoms with Crippen LogP contribution in [0.1, 0.15) is 41.0 Å². The molecule has 2 aromatic rings. The second-order valence-corrected chi connectivity index (χ2v) is 5.68. The Bertz CT molecular complexity index is 794. The first-order chi connectivity index (χ1) is 11.4. The third kappa shape index (κ3) is 4.32. The van der Waals surface area contributed by atoms with Gasteiger partial charge in [-0.05, 0) is 43.7 Å². The predicted octanol–water partition coefficient (Wildman–Crippen LogP) is 2.17. The molecule has 6 nitrogen and oxygen atoms in total. The van der Waals surface area contributed by atoms with Crippen molar-refractivity contribution in [1.29, 1.82) is 0 Å². The molecule has 0 radical (unpaired) electrons. The van der Waals surface area contributed by atoms with Crippen LogP contribution in [0.25, 0.3) is 0 Å². The third-order valence-corrected chi connectivity index (χ3v) is 3.76. The van der Waals surface area contributed by atoms with E-state index >= 15 is 0 Å². The van der Waals surface area contributed by atoms with Gasteiger partial charge in [-0.2, -0.15) is 0 Å². The number of hydrogen-bond donors (Lipinski definition) is 2. The van der Waals surface area contributed by atoms with Crippen molar-refractivity contribution < 1.29 is 9.59 Å². The fraction of sp³-hybridized carbons (Fsp3) is 0.278. The number of hydrogen-bond acceptors (Lipinski definition) is 3. The van der Waals surface area contributed by atoms with Crippen molar-refractivity contribution in [3.05, 3.63) is 64.1 Å². The first-order valence-corrected chi connectivity index (χ1v) is 7.79. The van der Waals surface area contributed by atoms with Crippen molar-refractivity contribution in [2.75, 3.05) is 5.32 Å². The van der Waals surface area contributed by atoms with Gasteiger partial charge in [0.05, 0.1) is 0 Å². The second-order valence-electron chi connectivity index (χ2n) is 5.68. The summed E-state index contributed by atoms with van der Waals surface area (Å²) in [6, 6.07) is 9.58. The van der Waals surface area contributed by atoms with Gasteiger partial charge < -0.3 is 15.2 Å². The zero-order valence-electron chi connectivity index (χ0n) is 14.0. The minimum atomic E-state index is -0.371. The molecule has 0 spiro atoms. The summed E-state index contributed by atoms with van der Waals surface area (Å²) in [5.74, 6) is -0.515. The SMILES string of the molecule is CCC(C)NC(=O)c1ccc(NC(=O)c2ccn(C)c(=O)c2)cc1. The van der Waals surface area contributed by atoms with Crippen molar-refractivity contribution in [2.24, 2.45) is 7.05 Å². The number of pyridine rings is 1. The van der Waals surface area contributed by atoms with Gasteiger partial charge >= 0.3 is 0 Å². The molecule has 0 aliphatic carbocycles. The van der Waals surface area contributed by atoms with E-state index in [4.69, 9.17) is 0 Å². The van der Waals surface area contributed by atoms with Crippen LogP contribution in [0, 0.1) is 0 Å². The molecule has 1 aromatic heterocycles. The van der Waals surface area contributed by atoms with E-state index in [1.165, 1.54) is 10.6 Å². The molecule has 0 fully saturated rings. The number of anilines is 1. The summed E-state index contributed by atoms with van der Waals surface area (Å²) < 4.78 is 1.39. The standard InChI is InChI=1S/C18H21N3O3/c1-4-12(2)19-17(23)13-5-7-15(8-6-13)20-18(24)14-9-10-21(3)16(22)11-14/h5-12H,4H2,1-3H3,(H,19,23)(H,20,24). The Kier molecular flexibility index (Phi) is 5.52. The predicted molar refractivity (Wildman–Crippen MR) is 93.3 cm³/mol. The minimum absolute atomic E-state index is 0.109. The lowest BCUT2D eigenvalue weighted by Gasteiger charge is -2.12. The summed E-state index contributed by atoms with van der Waals surface area (Å²) in [6.07, 6.45) is 2.40. The van der Waals surface area contributed by atoms with E-state index in [9.17, 15) is 14.4 Å². The molecule has 1 unspecified atom stereocenters. The van der Waals surface area contributed by atoms with E-state index in [-0.39, 0.29) is 29.0 Å².